The lowest BCUT2D eigenvalue weighted by Crippen LogP contribution is -2.11. The summed E-state index contributed by atoms with van der Waals surface area (Å²) in [6.07, 6.45) is 20.6. The van der Waals surface area contributed by atoms with Gasteiger partial charge in [0.15, 0.2) is 0 Å². The van der Waals surface area contributed by atoms with Gasteiger partial charge in [-0.15, -0.1) is 0 Å². The van der Waals surface area contributed by atoms with Crippen LogP contribution in [0.5, 0.6) is 0 Å². The number of aliphatic carboxylic acids is 1. The molecule has 144 valence electrons. The van der Waals surface area contributed by atoms with Crippen LogP contribution < -0.4 is 5.73 Å². The summed E-state index contributed by atoms with van der Waals surface area (Å²) in [7, 11) is 0. The van der Waals surface area contributed by atoms with Crippen LogP contribution in [0.2, 0.25) is 0 Å². The van der Waals surface area contributed by atoms with Crippen LogP contribution in [-0.4, -0.2) is 22.4 Å². The molecule has 24 heavy (non-hydrogen) atoms. The van der Waals surface area contributed by atoms with Crippen LogP contribution in [0.4, 0.5) is 0 Å². The van der Waals surface area contributed by atoms with Crippen molar-refractivity contribution in [2.24, 2.45) is 5.73 Å². The minimum absolute atomic E-state index is 0.332. The van der Waals surface area contributed by atoms with E-state index in [1.807, 2.05) is 0 Å². The van der Waals surface area contributed by atoms with Gasteiger partial charge in [-0.05, 0) is 39.0 Å². The van der Waals surface area contributed by atoms with Gasteiger partial charge in [-0.2, -0.15) is 0 Å². The number of carbonyl (C=O) groups is 1. The molecule has 0 fully saturated rings. The highest BCUT2D eigenvalue weighted by Gasteiger charge is 1.95. The molecule has 0 saturated heterocycles. The number of hydrogen-bond acceptors (Lipinski definition) is 3. The third-order valence-corrected chi connectivity index (χ3v) is 3.65. The van der Waals surface area contributed by atoms with Crippen LogP contribution >= 0.6 is 0 Å². The van der Waals surface area contributed by atoms with E-state index in [4.69, 9.17) is 10.2 Å². The summed E-state index contributed by atoms with van der Waals surface area (Å²) in [5, 5.41) is 16.3. The van der Waals surface area contributed by atoms with Crippen LogP contribution in [0.1, 0.15) is 104 Å². The Hall–Kier alpha value is -0.870. The average Bonchev–Trinajstić information content (AvgIpc) is 2.50. The minimum Gasteiger partial charge on any atom is -0.481 e. The van der Waals surface area contributed by atoms with Crippen LogP contribution in [-0.2, 0) is 4.79 Å². The molecule has 0 heterocycles. The zero-order valence-corrected chi connectivity index (χ0v) is 16.0. The normalized spacial score (nSPS) is 12.0. The number of unbranched alkanes of at least 4 members (excludes halogenated alkanes) is 11. The van der Waals surface area contributed by atoms with Gasteiger partial charge < -0.3 is 15.9 Å². The number of allylic oxidation sites excluding steroid dienone is 2. The van der Waals surface area contributed by atoms with Gasteiger partial charge in [0.1, 0.15) is 0 Å². The number of aliphatic hydroxyl groups excluding tert-OH is 1. The molecule has 0 aromatic carbocycles. The van der Waals surface area contributed by atoms with Gasteiger partial charge >= 0.3 is 5.97 Å². The van der Waals surface area contributed by atoms with E-state index in [9.17, 15) is 4.79 Å². The van der Waals surface area contributed by atoms with Crippen molar-refractivity contribution in [2.75, 3.05) is 0 Å². The second-order valence-electron chi connectivity index (χ2n) is 6.47. The Morgan fingerprint density at radius 1 is 0.875 bits per heavy atom. The molecule has 0 rings (SSSR count). The topological polar surface area (TPSA) is 83.5 Å². The molecule has 0 spiro atoms. The summed E-state index contributed by atoms with van der Waals surface area (Å²) in [5.74, 6) is -0.664. The van der Waals surface area contributed by atoms with E-state index in [2.05, 4.69) is 24.8 Å². The summed E-state index contributed by atoms with van der Waals surface area (Å²) >= 11 is 0. The smallest absolute Gasteiger partial charge is 0.303 e. The molecule has 4 N–H and O–H groups in total. The summed E-state index contributed by atoms with van der Waals surface area (Å²) in [6.45, 7) is 3.76. The molecule has 4 nitrogen and oxygen atoms in total. The predicted molar refractivity (Wildman–Crippen MR) is 103 cm³/mol. The Balaban J connectivity index is 0. The molecule has 0 aliphatic carbocycles. The lowest BCUT2D eigenvalue weighted by atomic mass is 10.1. The predicted octanol–water partition coefficient (Wildman–Crippen LogP) is 5.39. The van der Waals surface area contributed by atoms with Gasteiger partial charge in [0.25, 0.3) is 0 Å². The summed E-state index contributed by atoms with van der Waals surface area (Å²) < 4.78 is 0. The first-order chi connectivity index (χ1) is 11.5. The zero-order chi connectivity index (χ0) is 18.5. The fourth-order valence-electron chi connectivity index (χ4n) is 2.35. The minimum atomic E-state index is -0.667. The van der Waals surface area contributed by atoms with Gasteiger partial charge in [-0.1, -0.05) is 70.4 Å². The monoisotopic (exact) mass is 343 g/mol. The molecular weight excluding hydrogens is 302 g/mol. The van der Waals surface area contributed by atoms with Gasteiger partial charge in [-0.25, -0.2) is 0 Å². The van der Waals surface area contributed by atoms with E-state index in [1.54, 1.807) is 0 Å². The molecule has 1 unspecified atom stereocenters. The third kappa shape index (κ3) is 32.9. The van der Waals surface area contributed by atoms with Crippen molar-refractivity contribution in [1.29, 1.82) is 0 Å². The maximum atomic E-state index is 10.3. The maximum absolute atomic E-state index is 10.3. The number of carboxylic acids is 1. The Morgan fingerprint density at radius 2 is 1.25 bits per heavy atom. The molecule has 1 atom stereocenters. The molecular formula is C20H41NO3. The van der Waals surface area contributed by atoms with Crippen LogP contribution in [0.3, 0.4) is 0 Å². The van der Waals surface area contributed by atoms with Gasteiger partial charge in [0, 0.05) is 6.42 Å². The zero-order valence-electron chi connectivity index (χ0n) is 16.0. The highest BCUT2D eigenvalue weighted by atomic mass is 16.4. The Bertz CT molecular complexity index is 275. The quantitative estimate of drug-likeness (QED) is 0.211. The van der Waals surface area contributed by atoms with E-state index in [0.717, 1.165) is 12.8 Å². The Labute approximate surface area is 149 Å². The maximum Gasteiger partial charge on any atom is 0.303 e. The Morgan fingerprint density at radius 3 is 1.67 bits per heavy atom. The number of aliphatic hydroxyl groups is 1. The van der Waals surface area contributed by atoms with Crippen molar-refractivity contribution in [2.45, 2.75) is 110 Å². The van der Waals surface area contributed by atoms with Crippen molar-refractivity contribution in [3.8, 4) is 0 Å². The molecule has 0 bridgehead atoms. The first-order valence-electron chi connectivity index (χ1n) is 9.81. The second-order valence-corrected chi connectivity index (χ2v) is 6.47. The molecule has 0 saturated carbocycles. The van der Waals surface area contributed by atoms with Crippen molar-refractivity contribution < 1.29 is 15.0 Å². The third-order valence-electron chi connectivity index (χ3n) is 3.65. The first-order valence-corrected chi connectivity index (χ1v) is 9.81. The van der Waals surface area contributed by atoms with E-state index in [1.165, 1.54) is 77.6 Å². The first kappa shape index (κ1) is 25.4. The fraction of sp³-hybridized carbons (Fsp3) is 0.850. The second kappa shape index (κ2) is 22.1. The summed E-state index contributed by atoms with van der Waals surface area (Å²) in [4.78, 5) is 10.3. The number of rotatable bonds is 15. The molecule has 0 aromatic rings. The van der Waals surface area contributed by atoms with Gasteiger partial charge in [0.2, 0.25) is 0 Å². The largest absolute Gasteiger partial charge is 0.481 e. The summed E-state index contributed by atoms with van der Waals surface area (Å²) in [5.41, 5.74) is 4.67. The Kier molecular flexibility index (Phi) is 23.4. The lowest BCUT2D eigenvalue weighted by Gasteiger charge is -1.99. The molecule has 0 radical (unpaired) electrons. The average molecular weight is 344 g/mol. The number of hydrogen-bond donors (Lipinski definition) is 3. The van der Waals surface area contributed by atoms with Crippen LogP contribution in [0, 0.1) is 0 Å². The summed E-state index contributed by atoms with van der Waals surface area (Å²) in [6, 6.07) is 0. The highest BCUT2D eigenvalue weighted by Crippen LogP contribution is 2.09. The standard InChI is InChI=1S/C18H34O2.C2H7NO/c1-2-3-4-5-6-7-8-9-10-11-12-13-14-15-16-17-18(19)20;1-2(3)4/h9-10H,2-8,11-17H2,1H3,(H,19,20);2,4H,3H2,1H3/b10-9-;. The molecule has 0 aliphatic rings. The van der Waals surface area contributed by atoms with Crippen LogP contribution in [0.15, 0.2) is 12.2 Å². The van der Waals surface area contributed by atoms with Crippen molar-refractivity contribution in [3.63, 3.8) is 0 Å². The molecule has 0 amide bonds. The van der Waals surface area contributed by atoms with Gasteiger partial charge in [-0.3, -0.25) is 4.79 Å². The number of carboxylic acid groups (broad SMARTS) is 1. The van der Waals surface area contributed by atoms with E-state index in [0.29, 0.717) is 6.42 Å². The van der Waals surface area contributed by atoms with Crippen molar-refractivity contribution in [1.82, 2.24) is 0 Å². The number of nitrogens with two attached hydrogens (primary N) is 1. The van der Waals surface area contributed by atoms with Crippen molar-refractivity contribution in [3.05, 3.63) is 12.2 Å². The van der Waals surface area contributed by atoms with E-state index < -0.39 is 12.2 Å². The SMILES string of the molecule is CC(N)O.CCCCCCCC/C=C\CCCCCCCC(=O)O. The van der Waals surface area contributed by atoms with E-state index in [-0.39, 0.29) is 0 Å². The fourth-order valence-corrected chi connectivity index (χ4v) is 2.35. The van der Waals surface area contributed by atoms with Crippen LogP contribution in [0.25, 0.3) is 0 Å². The highest BCUT2D eigenvalue weighted by molar-refractivity contribution is 5.66. The molecule has 0 aromatic heterocycles. The van der Waals surface area contributed by atoms with Gasteiger partial charge in [0.05, 0.1) is 6.23 Å². The molecule has 4 heteroatoms. The van der Waals surface area contributed by atoms with E-state index >= 15 is 0 Å². The molecule has 0 aliphatic heterocycles. The van der Waals surface area contributed by atoms with Crippen molar-refractivity contribution >= 4 is 5.97 Å². The lowest BCUT2D eigenvalue weighted by molar-refractivity contribution is -0.137.